The van der Waals surface area contributed by atoms with Crippen LogP contribution < -0.4 is 5.32 Å². The summed E-state index contributed by atoms with van der Waals surface area (Å²) >= 11 is 0. The SMILES string of the molecule is Cn1cc(Nc2cc(-c3cc4c(cn3)C(CC(=O)C3C=[N+](C(C)(C)C)N=N3)CCCC4)ccn2)cn1. The molecule has 2 unspecified atom stereocenters. The number of pyridine rings is 2. The molecule has 0 aromatic carbocycles. The van der Waals surface area contributed by atoms with Crippen molar-refractivity contribution in [2.45, 2.75) is 70.4 Å². The van der Waals surface area contributed by atoms with E-state index >= 15 is 0 Å². The van der Waals surface area contributed by atoms with E-state index in [4.69, 9.17) is 4.98 Å². The second-order valence-corrected chi connectivity index (χ2v) is 10.7. The van der Waals surface area contributed by atoms with E-state index in [-0.39, 0.29) is 17.2 Å². The van der Waals surface area contributed by atoms with Gasteiger partial charge >= 0.3 is 0 Å². The van der Waals surface area contributed by atoms with E-state index in [2.05, 4.69) is 52.6 Å². The molecule has 0 fully saturated rings. The molecule has 0 saturated carbocycles. The molecule has 4 heterocycles. The molecule has 36 heavy (non-hydrogen) atoms. The van der Waals surface area contributed by atoms with Crippen LogP contribution in [0.25, 0.3) is 11.3 Å². The van der Waals surface area contributed by atoms with E-state index in [1.165, 1.54) is 11.1 Å². The average molecular weight is 486 g/mol. The van der Waals surface area contributed by atoms with Crippen molar-refractivity contribution in [1.29, 1.82) is 0 Å². The first kappa shape index (κ1) is 24.0. The monoisotopic (exact) mass is 485 g/mol. The molecule has 3 aromatic rings. The number of anilines is 2. The summed E-state index contributed by atoms with van der Waals surface area (Å²) in [6, 6.07) is 5.67. The number of ketones is 1. The Morgan fingerprint density at radius 1 is 1.19 bits per heavy atom. The zero-order valence-corrected chi connectivity index (χ0v) is 21.3. The third-order valence-electron chi connectivity index (χ3n) is 6.77. The molecular formula is C27H33N8O+. The van der Waals surface area contributed by atoms with E-state index in [9.17, 15) is 4.79 Å². The molecule has 1 aliphatic heterocycles. The van der Waals surface area contributed by atoms with Crippen LogP contribution in [-0.4, -0.2) is 48.0 Å². The number of aromatic nitrogens is 4. The van der Waals surface area contributed by atoms with Gasteiger partial charge in [-0.3, -0.25) is 14.5 Å². The number of rotatable bonds is 6. The van der Waals surface area contributed by atoms with Crippen molar-refractivity contribution >= 4 is 23.5 Å². The molecule has 2 atom stereocenters. The summed E-state index contributed by atoms with van der Waals surface area (Å²) in [5.74, 6) is 1.02. The molecule has 0 radical (unpaired) electrons. The lowest BCUT2D eigenvalue weighted by Crippen LogP contribution is -2.31. The smallest absolute Gasteiger partial charge is 0.279 e. The molecular weight excluding hydrogens is 452 g/mol. The molecule has 9 heteroatoms. The van der Waals surface area contributed by atoms with Gasteiger partial charge in [0, 0.05) is 37.6 Å². The summed E-state index contributed by atoms with van der Waals surface area (Å²) < 4.78 is 3.53. The first-order chi connectivity index (χ1) is 17.3. The van der Waals surface area contributed by atoms with Gasteiger partial charge < -0.3 is 5.32 Å². The maximum atomic E-state index is 13.1. The molecule has 0 bridgehead atoms. The molecule has 1 N–H and O–H groups in total. The molecule has 0 amide bonds. The summed E-state index contributed by atoms with van der Waals surface area (Å²) in [5, 5.41) is 15.9. The molecule has 2 aliphatic rings. The number of aryl methyl sites for hydroxylation is 2. The largest absolute Gasteiger partial charge is 0.338 e. The summed E-state index contributed by atoms with van der Waals surface area (Å²) in [6.45, 7) is 6.17. The average Bonchev–Trinajstić information content (AvgIpc) is 3.46. The molecule has 186 valence electrons. The van der Waals surface area contributed by atoms with Crippen LogP contribution in [0, 0.1) is 0 Å². The number of hydrogen-bond acceptors (Lipinski definition) is 7. The minimum absolute atomic E-state index is 0.118. The van der Waals surface area contributed by atoms with E-state index in [1.807, 2.05) is 37.8 Å². The third-order valence-corrected chi connectivity index (χ3v) is 6.77. The molecule has 0 spiro atoms. The highest BCUT2D eigenvalue weighted by molar-refractivity contribution is 5.98. The fourth-order valence-corrected chi connectivity index (χ4v) is 4.79. The fourth-order valence-electron chi connectivity index (χ4n) is 4.79. The van der Waals surface area contributed by atoms with Crippen LogP contribution in [0.4, 0.5) is 11.5 Å². The van der Waals surface area contributed by atoms with E-state index in [0.717, 1.165) is 48.4 Å². The summed E-state index contributed by atoms with van der Waals surface area (Å²) in [5.41, 5.74) is 5.08. The highest BCUT2D eigenvalue weighted by Gasteiger charge is 2.36. The standard InChI is InChI=1S/C27H33N8O/c1-27(2,3)35-17-24(32-33-35)25(36)12-19-8-6-5-7-18-11-23(29-15-22(18)19)20-9-10-28-26(13-20)31-21-14-30-34(4)16-21/h9-11,13-17,19,24H,5-8,12H2,1-4H3,(H,28,31)/q+1. The van der Waals surface area contributed by atoms with Gasteiger partial charge in [-0.15, -0.1) is 4.68 Å². The Morgan fingerprint density at radius 3 is 2.81 bits per heavy atom. The zero-order chi connectivity index (χ0) is 25.3. The highest BCUT2D eigenvalue weighted by atomic mass is 16.1. The van der Waals surface area contributed by atoms with E-state index in [1.54, 1.807) is 21.8 Å². The Labute approximate surface area is 211 Å². The lowest BCUT2D eigenvalue weighted by atomic mass is 9.88. The maximum absolute atomic E-state index is 13.1. The predicted molar refractivity (Wildman–Crippen MR) is 139 cm³/mol. The van der Waals surface area contributed by atoms with Gasteiger partial charge in [-0.2, -0.15) is 5.10 Å². The predicted octanol–water partition coefficient (Wildman–Crippen LogP) is 5.02. The summed E-state index contributed by atoms with van der Waals surface area (Å²) in [4.78, 5) is 22.4. The summed E-state index contributed by atoms with van der Waals surface area (Å²) in [7, 11) is 1.88. The Balaban J connectivity index is 1.35. The van der Waals surface area contributed by atoms with Crippen LogP contribution in [-0.2, 0) is 18.3 Å². The minimum Gasteiger partial charge on any atom is -0.338 e. The van der Waals surface area contributed by atoms with Gasteiger partial charge in [0.25, 0.3) is 6.04 Å². The molecule has 3 aromatic heterocycles. The van der Waals surface area contributed by atoms with Crippen molar-refractivity contribution in [3.8, 4) is 11.3 Å². The number of Topliss-reactive ketones (excluding diaryl/α,β-unsaturated/α-hetero) is 1. The van der Waals surface area contributed by atoms with Crippen LogP contribution in [0.1, 0.15) is 63.5 Å². The minimum atomic E-state index is -0.495. The van der Waals surface area contributed by atoms with Crippen molar-refractivity contribution in [2.75, 3.05) is 5.32 Å². The Morgan fingerprint density at radius 2 is 2.06 bits per heavy atom. The van der Waals surface area contributed by atoms with Gasteiger partial charge in [0.15, 0.2) is 12.0 Å². The fraction of sp³-hybridized carbons (Fsp3) is 0.444. The van der Waals surface area contributed by atoms with Gasteiger partial charge in [0.2, 0.25) is 0 Å². The van der Waals surface area contributed by atoms with Crippen molar-refractivity contribution in [3.05, 3.63) is 54.1 Å². The second kappa shape index (κ2) is 9.72. The number of carbonyl (C=O) groups excluding carboxylic acids is 1. The molecule has 9 nitrogen and oxygen atoms in total. The second-order valence-electron chi connectivity index (χ2n) is 10.7. The first-order valence-electron chi connectivity index (χ1n) is 12.5. The number of carbonyl (C=O) groups is 1. The van der Waals surface area contributed by atoms with Crippen LogP contribution in [0.15, 0.2) is 53.3 Å². The van der Waals surface area contributed by atoms with Crippen LogP contribution in [0.3, 0.4) is 0 Å². The van der Waals surface area contributed by atoms with Gasteiger partial charge in [-0.05, 0) is 75.3 Å². The molecule has 1 aliphatic carbocycles. The van der Waals surface area contributed by atoms with Crippen LogP contribution >= 0.6 is 0 Å². The number of fused-ring (bicyclic) bond motifs is 1. The first-order valence-corrected chi connectivity index (χ1v) is 12.5. The van der Waals surface area contributed by atoms with E-state index < -0.39 is 6.04 Å². The maximum Gasteiger partial charge on any atom is 0.279 e. The number of nitrogens with one attached hydrogen (secondary N) is 1. The topological polar surface area (TPSA) is 100 Å². The van der Waals surface area contributed by atoms with Crippen molar-refractivity contribution in [1.82, 2.24) is 19.7 Å². The number of nitrogens with zero attached hydrogens (tertiary/aromatic N) is 7. The lowest BCUT2D eigenvalue weighted by Gasteiger charge is -2.17. The number of hydrogen-bond donors (Lipinski definition) is 1. The third kappa shape index (κ3) is 5.24. The molecule has 0 saturated heterocycles. The Kier molecular flexibility index (Phi) is 6.47. The highest BCUT2D eigenvalue weighted by Crippen LogP contribution is 2.35. The van der Waals surface area contributed by atoms with Crippen molar-refractivity contribution in [3.63, 3.8) is 0 Å². The van der Waals surface area contributed by atoms with Crippen molar-refractivity contribution < 1.29 is 9.48 Å². The van der Waals surface area contributed by atoms with Crippen LogP contribution in [0.2, 0.25) is 0 Å². The normalized spacial score (nSPS) is 19.5. The Hall–Kier alpha value is -3.75. The zero-order valence-electron chi connectivity index (χ0n) is 21.3. The van der Waals surface area contributed by atoms with Gasteiger partial charge in [0.05, 0.1) is 22.7 Å². The van der Waals surface area contributed by atoms with Crippen molar-refractivity contribution in [2.24, 2.45) is 17.4 Å². The Bertz CT molecular complexity index is 1330. The van der Waals surface area contributed by atoms with Gasteiger partial charge in [0.1, 0.15) is 16.6 Å². The van der Waals surface area contributed by atoms with Crippen LogP contribution in [0.5, 0.6) is 0 Å². The van der Waals surface area contributed by atoms with E-state index in [0.29, 0.717) is 6.42 Å². The van der Waals surface area contributed by atoms with Gasteiger partial charge in [-0.25, -0.2) is 4.98 Å². The molecule has 5 rings (SSSR count). The van der Waals surface area contributed by atoms with Gasteiger partial charge in [-0.1, -0.05) is 6.42 Å². The lowest BCUT2D eigenvalue weighted by molar-refractivity contribution is -0.600. The summed E-state index contributed by atoms with van der Waals surface area (Å²) in [6.07, 6.45) is 13.9. The quantitative estimate of drug-likeness (QED) is 0.390.